The number of halogens is 1. The van der Waals surface area contributed by atoms with Crippen LogP contribution in [-0.4, -0.2) is 41.5 Å². The molecule has 28 heavy (non-hydrogen) atoms. The number of carbonyl (C=O) groups is 1. The molecule has 3 aromatic rings. The van der Waals surface area contributed by atoms with Gasteiger partial charge in [-0.1, -0.05) is 35.5 Å². The van der Waals surface area contributed by atoms with Gasteiger partial charge in [0.05, 0.1) is 6.54 Å². The smallest absolute Gasteiger partial charge is 0.254 e. The monoisotopic (exact) mass is 379 g/mol. The maximum atomic E-state index is 14.3. The standard InChI is InChI=1S/C22H22FN3O2/c1-25(2)13-15-7-3-4-8-16(15)22(27)26-12-11-20-18(14-26)21(24-28-20)17-9-5-6-10-19(17)23/h3-10H,11-14H2,1-2H3. The molecule has 1 aromatic heterocycles. The molecule has 4 rings (SSSR count). The highest BCUT2D eigenvalue weighted by molar-refractivity contribution is 5.96. The van der Waals surface area contributed by atoms with Crippen LogP contribution in [0.5, 0.6) is 0 Å². The van der Waals surface area contributed by atoms with Gasteiger partial charge in [-0.3, -0.25) is 4.79 Å². The largest absolute Gasteiger partial charge is 0.360 e. The van der Waals surface area contributed by atoms with Crippen LogP contribution >= 0.6 is 0 Å². The van der Waals surface area contributed by atoms with Crippen LogP contribution in [0.2, 0.25) is 0 Å². The fraction of sp³-hybridized carbons (Fsp3) is 0.273. The van der Waals surface area contributed by atoms with Gasteiger partial charge in [-0.15, -0.1) is 0 Å². The van der Waals surface area contributed by atoms with Gasteiger partial charge in [0.15, 0.2) is 0 Å². The van der Waals surface area contributed by atoms with Crippen LogP contribution in [0.25, 0.3) is 11.3 Å². The number of amides is 1. The molecule has 6 heteroatoms. The minimum absolute atomic E-state index is 0.0243. The molecular weight excluding hydrogens is 357 g/mol. The van der Waals surface area contributed by atoms with Crippen molar-refractivity contribution in [1.82, 2.24) is 15.0 Å². The molecule has 0 fully saturated rings. The van der Waals surface area contributed by atoms with Crippen LogP contribution in [-0.2, 0) is 19.5 Å². The highest BCUT2D eigenvalue weighted by atomic mass is 19.1. The van der Waals surface area contributed by atoms with Gasteiger partial charge in [-0.05, 0) is 37.9 Å². The molecule has 144 valence electrons. The third-order valence-electron chi connectivity index (χ3n) is 4.98. The highest BCUT2D eigenvalue weighted by Gasteiger charge is 2.29. The fourth-order valence-corrected chi connectivity index (χ4v) is 3.63. The lowest BCUT2D eigenvalue weighted by Crippen LogP contribution is -2.36. The molecule has 0 bridgehead atoms. The summed E-state index contributed by atoms with van der Waals surface area (Å²) in [5.41, 5.74) is 3.35. The summed E-state index contributed by atoms with van der Waals surface area (Å²) in [6.45, 7) is 1.60. The van der Waals surface area contributed by atoms with Crippen LogP contribution in [0.1, 0.15) is 27.2 Å². The Balaban J connectivity index is 1.64. The van der Waals surface area contributed by atoms with E-state index in [1.165, 1.54) is 6.07 Å². The lowest BCUT2D eigenvalue weighted by atomic mass is 9.99. The van der Waals surface area contributed by atoms with Gasteiger partial charge < -0.3 is 14.3 Å². The number of carbonyl (C=O) groups excluding carboxylic acids is 1. The van der Waals surface area contributed by atoms with E-state index in [1.807, 2.05) is 43.3 Å². The number of hydrogen-bond donors (Lipinski definition) is 0. The van der Waals surface area contributed by atoms with Gasteiger partial charge in [-0.2, -0.15) is 0 Å². The highest BCUT2D eigenvalue weighted by Crippen LogP contribution is 2.32. The minimum Gasteiger partial charge on any atom is -0.360 e. The third-order valence-corrected chi connectivity index (χ3v) is 4.98. The predicted octanol–water partition coefficient (Wildman–Crippen LogP) is 3.74. The molecule has 1 amide bonds. The first kappa shape index (κ1) is 18.4. The topological polar surface area (TPSA) is 49.6 Å². The van der Waals surface area contributed by atoms with Crippen LogP contribution in [0.4, 0.5) is 4.39 Å². The van der Waals surface area contributed by atoms with Gasteiger partial charge >= 0.3 is 0 Å². The first-order valence-corrected chi connectivity index (χ1v) is 9.29. The molecule has 0 radical (unpaired) electrons. The lowest BCUT2D eigenvalue weighted by molar-refractivity contribution is 0.0727. The van der Waals surface area contributed by atoms with Gasteiger partial charge in [0.25, 0.3) is 5.91 Å². The second-order valence-corrected chi connectivity index (χ2v) is 7.28. The number of benzene rings is 2. The molecule has 1 aliphatic rings. The maximum absolute atomic E-state index is 14.3. The Morgan fingerprint density at radius 3 is 2.71 bits per heavy atom. The van der Waals surface area contributed by atoms with Crippen LogP contribution in [0, 0.1) is 5.82 Å². The molecule has 0 unspecified atom stereocenters. The van der Waals surface area contributed by atoms with E-state index in [0.29, 0.717) is 42.9 Å². The van der Waals surface area contributed by atoms with Gasteiger partial charge in [-0.25, -0.2) is 4.39 Å². The Morgan fingerprint density at radius 1 is 1.18 bits per heavy atom. The molecule has 0 N–H and O–H groups in total. The first-order chi connectivity index (χ1) is 13.5. The van der Waals surface area contributed by atoms with Crippen molar-refractivity contribution < 1.29 is 13.7 Å². The zero-order chi connectivity index (χ0) is 19.7. The maximum Gasteiger partial charge on any atom is 0.254 e. The van der Waals surface area contributed by atoms with E-state index in [4.69, 9.17) is 4.52 Å². The molecule has 0 spiro atoms. The van der Waals surface area contributed by atoms with E-state index < -0.39 is 0 Å². The summed E-state index contributed by atoms with van der Waals surface area (Å²) in [5.74, 6) is 0.353. The number of nitrogens with zero attached hydrogens (tertiary/aromatic N) is 3. The van der Waals surface area contributed by atoms with Crippen molar-refractivity contribution >= 4 is 5.91 Å². The molecule has 5 nitrogen and oxygen atoms in total. The SMILES string of the molecule is CN(C)Cc1ccccc1C(=O)N1CCc2onc(-c3ccccc3F)c2C1. The normalized spacial score (nSPS) is 13.6. The Morgan fingerprint density at radius 2 is 1.93 bits per heavy atom. The zero-order valence-electron chi connectivity index (χ0n) is 16.0. The van der Waals surface area contributed by atoms with Crippen LogP contribution in [0.3, 0.4) is 0 Å². The van der Waals surface area contributed by atoms with E-state index in [9.17, 15) is 9.18 Å². The number of fused-ring (bicyclic) bond motifs is 1. The Hall–Kier alpha value is -2.99. The Kier molecular flexibility index (Phi) is 4.96. The van der Waals surface area contributed by atoms with Gasteiger partial charge in [0.1, 0.15) is 17.3 Å². The Labute approximate surface area is 163 Å². The van der Waals surface area contributed by atoms with Crippen LogP contribution in [0.15, 0.2) is 53.1 Å². The van der Waals surface area contributed by atoms with Crippen molar-refractivity contribution in [3.8, 4) is 11.3 Å². The minimum atomic E-state index is -0.349. The van der Waals surface area contributed by atoms with Crippen molar-refractivity contribution in [3.05, 3.63) is 76.8 Å². The first-order valence-electron chi connectivity index (χ1n) is 9.29. The summed E-state index contributed by atoms with van der Waals surface area (Å²) in [6, 6.07) is 14.2. The molecule has 0 saturated heterocycles. The molecule has 2 aromatic carbocycles. The van der Waals surface area contributed by atoms with Crippen molar-refractivity contribution in [2.75, 3.05) is 20.6 Å². The molecule has 1 aliphatic heterocycles. The van der Waals surface area contributed by atoms with Gasteiger partial charge in [0, 0.05) is 36.2 Å². The van der Waals surface area contributed by atoms with Crippen molar-refractivity contribution in [3.63, 3.8) is 0 Å². The third kappa shape index (κ3) is 3.43. The lowest BCUT2D eigenvalue weighted by Gasteiger charge is -2.27. The predicted molar refractivity (Wildman–Crippen MR) is 104 cm³/mol. The van der Waals surface area contributed by atoms with E-state index in [2.05, 4.69) is 5.16 Å². The molecule has 0 saturated carbocycles. The second-order valence-electron chi connectivity index (χ2n) is 7.28. The molecule has 0 atom stereocenters. The summed E-state index contributed by atoms with van der Waals surface area (Å²) in [5, 5.41) is 4.09. The fourth-order valence-electron chi connectivity index (χ4n) is 3.63. The Bertz CT molecular complexity index is 1010. The van der Waals surface area contributed by atoms with E-state index in [-0.39, 0.29) is 11.7 Å². The zero-order valence-corrected chi connectivity index (χ0v) is 16.0. The van der Waals surface area contributed by atoms with Crippen LogP contribution < -0.4 is 0 Å². The molecule has 2 heterocycles. The van der Waals surface area contributed by atoms with E-state index in [1.54, 1.807) is 23.1 Å². The number of hydrogen-bond acceptors (Lipinski definition) is 4. The van der Waals surface area contributed by atoms with Crippen molar-refractivity contribution in [1.29, 1.82) is 0 Å². The van der Waals surface area contributed by atoms with E-state index in [0.717, 1.165) is 16.9 Å². The van der Waals surface area contributed by atoms with Crippen molar-refractivity contribution in [2.45, 2.75) is 19.5 Å². The average Bonchev–Trinajstić information content (AvgIpc) is 3.11. The summed E-state index contributed by atoms with van der Waals surface area (Å²) in [6.07, 6.45) is 0.568. The summed E-state index contributed by atoms with van der Waals surface area (Å²) in [4.78, 5) is 17.1. The number of rotatable bonds is 4. The second kappa shape index (κ2) is 7.56. The van der Waals surface area contributed by atoms with Gasteiger partial charge in [0.2, 0.25) is 0 Å². The van der Waals surface area contributed by atoms with Crippen molar-refractivity contribution in [2.24, 2.45) is 0 Å². The summed E-state index contributed by atoms with van der Waals surface area (Å²) in [7, 11) is 3.96. The summed E-state index contributed by atoms with van der Waals surface area (Å²) >= 11 is 0. The molecular formula is C22H22FN3O2. The number of aromatic nitrogens is 1. The van der Waals surface area contributed by atoms with E-state index >= 15 is 0 Å². The average molecular weight is 379 g/mol. The molecule has 0 aliphatic carbocycles. The summed E-state index contributed by atoms with van der Waals surface area (Å²) < 4.78 is 19.7. The quantitative estimate of drug-likeness (QED) is 0.693.